The highest BCUT2D eigenvalue weighted by Gasteiger charge is 2.23. The first kappa shape index (κ1) is 23.5. The first-order valence-electron chi connectivity index (χ1n) is 10.6. The minimum Gasteiger partial charge on any atom is -0.452 e. The molecule has 8 heteroatoms. The lowest BCUT2D eigenvalue weighted by Crippen LogP contribution is -2.40. The maximum Gasteiger partial charge on any atom is 0.338 e. The number of nitrogens with zero attached hydrogens (tertiary/aromatic N) is 1. The van der Waals surface area contributed by atoms with E-state index < -0.39 is 16.0 Å². The van der Waals surface area contributed by atoms with Gasteiger partial charge < -0.3 is 9.64 Å². The average Bonchev–Trinajstić information content (AvgIpc) is 2.82. The summed E-state index contributed by atoms with van der Waals surface area (Å²) in [6, 6.07) is 15.1. The molecular weight excluding hydrogens is 428 g/mol. The molecule has 1 fully saturated rings. The molecule has 7 nitrogen and oxygen atoms in total. The van der Waals surface area contributed by atoms with Crippen LogP contribution in [0.25, 0.3) is 6.08 Å². The molecule has 0 saturated heterocycles. The molecule has 1 aliphatic carbocycles. The first-order valence-corrected chi connectivity index (χ1v) is 12.2. The van der Waals surface area contributed by atoms with Crippen molar-refractivity contribution in [3.63, 3.8) is 0 Å². The number of sulfonamides is 1. The van der Waals surface area contributed by atoms with Crippen LogP contribution in [-0.4, -0.2) is 44.9 Å². The minimum absolute atomic E-state index is 0.207. The Kier molecular flexibility index (Phi) is 8.05. The first-order chi connectivity index (χ1) is 15.3. The maximum atomic E-state index is 12.3. The zero-order chi connectivity index (χ0) is 23.0. The summed E-state index contributed by atoms with van der Waals surface area (Å²) < 4.78 is 32.0. The number of carbonyl (C=O) groups excluding carboxylic acids is 2. The van der Waals surface area contributed by atoms with Crippen LogP contribution in [0.15, 0.2) is 60.0 Å². The molecule has 3 rings (SSSR count). The Morgan fingerprint density at radius 1 is 1.03 bits per heavy atom. The van der Waals surface area contributed by atoms with Crippen LogP contribution in [0, 0.1) is 0 Å². The molecule has 0 aliphatic heterocycles. The van der Waals surface area contributed by atoms with Crippen molar-refractivity contribution >= 4 is 33.7 Å². The molecule has 1 saturated carbocycles. The van der Waals surface area contributed by atoms with Crippen molar-refractivity contribution in [2.75, 3.05) is 18.4 Å². The third-order valence-electron chi connectivity index (χ3n) is 5.46. The topological polar surface area (TPSA) is 92.8 Å². The van der Waals surface area contributed by atoms with Crippen molar-refractivity contribution in [3.8, 4) is 0 Å². The van der Waals surface area contributed by atoms with Gasteiger partial charge in [-0.3, -0.25) is 9.52 Å². The minimum atomic E-state index is -3.70. The zero-order valence-corrected chi connectivity index (χ0v) is 18.9. The lowest BCUT2D eigenvalue weighted by Gasteiger charge is -2.31. The summed E-state index contributed by atoms with van der Waals surface area (Å²) in [5.41, 5.74) is 1.31. The van der Waals surface area contributed by atoms with E-state index >= 15 is 0 Å². The summed E-state index contributed by atoms with van der Waals surface area (Å²) in [5.74, 6) is -0.853. The van der Waals surface area contributed by atoms with Gasteiger partial charge in [0, 0.05) is 18.8 Å². The van der Waals surface area contributed by atoms with Crippen molar-refractivity contribution in [1.29, 1.82) is 0 Å². The zero-order valence-electron chi connectivity index (χ0n) is 18.1. The number of hydrogen-bond donors (Lipinski definition) is 1. The molecule has 2 aromatic rings. The van der Waals surface area contributed by atoms with Gasteiger partial charge in [0.15, 0.2) is 6.61 Å². The Labute approximate surface area is 189 Å². The maximum absolute atomic E-state index is 12.3. The van der Waals surface area contributed by atoms with Crippen LogP contribution in [0.4, 0.5) is 5.69 Å². The Bertz CT molecular complexity index is 1040. The second-order valence-electron chi connectivity index (χ2n) is 7.81. The predicted molar refractivity (Wildman–Crippen MR) is 124 cm³/mol. The number of nitrogens with one attached hydrogen (secondary N) is 1. The number of likely N-dealkylation sites (N-methyl/N-ethyl adjacent to an activating group) is 1. The number of hydrogen-bond acceptors (Lipinski definition) is 5. The van der Waals surface area contributed by atoms with Gasteiger partial charge >= 0.3 is 5.97 Å². The van der Waals surface area contributed by atoms with Gasteiger partial charge in [-0.15, -0.1) is 0 Å². The molecular formula is C24H28N2O5S. The van der Waals surface area contributed by atoms with Gasteiger partial charge in [-0.05, 0) is 48.7 Å². The van der Waals surface area contributed by atoms with E-state index in [1.165, 1.54) is 36.8 Å². The van der Waals surface area contributed by atoms with Crippen LogP contribution < -0.4 is 4.72 Å². The van der Waals surface area contributed by atoms with E-state index in [9.17, 15) is 18.0 Å². The molecule has 1 N–H and O–H groups in total. The molecule has 0 aromatic heterocycles. The number of esters is 1. The molecule has 0 spiro atoms. The third kappa shape index (κ3) is 6.95. The Morgan fingerprint density at radius 2 is 1.69 bits per heavy atom. The lowest BCUT2D eigenvalue weighted by atomic mass is 9.94. The molecule has 2 aromatic carbocycles. The standard InChI is InChI=1S/C24H28N2O5S/c1-26(22-10-6-3-7-11-22)23(27)18-31-24(28)20-12-14-21(15-13-20)25-32(29,30)17-16-19-8-4-2-5-9-19/h2,4-5,8-9,12-17,22,25H,3,6-7,10-11,18H2,1H3/b17-16+. The number of rotatable bonds is 8. The number of anilines is 1. The highest BCUT2D eigenvalue weighted by atomic mass is 32.2. The molecule has 1 amide bonds. The lowest BCUT2D eigenvalue weighted by molar-refractivity contribution is -0.135. The molecule has 0 radical (unpaired) electrons. The van der Waals surface area contributed by atoms with E-state index in [1.807, 2.05) is 18.2 Å². The highest BCUT2D eigenvalue weighted by molar-refractivity contribution is 7.95. The van der Waals surface area contributed by atoms with E-state index in [0.717, 1.165) is 36.7 Å². The fourth-order valence-electron chi connectivity index (χ4n) is 3.59. The summed E-state index contributed by atoms with van der Waals surface area (Å²) in [6.07, 6.45) is 6.88. The largest absolute Gasteiger partial charge is 0.452 e. The summed E-state index contributed by atoms with van der Waals surface area (Å²) in [5, 5.41) is 1.08. The molecule has 0 bridgehead atoms. The summed E-state index contributed by atoms with van der Waals surface area (Å²) in [6.45, 7) is -0.315. The van der Waals surface area contributed by atoms with Crippen molar-refractivity contribution in [2.45, 2.75) is 38.1 Å². The van der Waals surface area contributed by atoms with Crippen molar-refractivity contribution in [3.05, 3.63) is 71.1 Å². The monoisotopic (exact) mass is 456 g/mol. The molecule has 0 heterocycles. The highest BCUT2D eigenvalue weighted by Crippen LogP contribution is 2.21. The molecule has 0 atom stereocenters. The SMILES string of the molecule is CN(C(=O)COC(=O)c1ccc(NS(=O)(=O)/C=C/c2ccccc2)cc1)C1CCCCC1. The second-order valence-corrected chi connectivity index (χ2v) is 9.38. The van der Waals surface area contributed by atoms with Crippen LogP contribution >= 0.6 is 0 Å². The molecule has 32 heavy (non-hydrogen) atoms. The van der Waals surface area contributed by atoms with Gasteiger partial charge in [-0.1, -0.05) is 49.6 Å². The summed E-state index contributed by atoms with van der Waals surface area (Å²) in [4.78, 5) is 26.3. The number of benzene rings is 2. The van der Waals surface area contributed by atoms with Crippen LogP contribution in [0.5, 0.6) is 0 Å². The van der Waals surface area contributed by atoms with Gasteiger partial charge in [-0.2, -0.15) is 0 Å². The predicted octanol–water partition coefficient (Wildman–Crippen LogP) is 4.05. The summed E-state index contributed by atoms with van der Waals surface area (Å²) in [7, 11) is -1.96. The van der Waals surface area contributed by atoms with Crippen molar-refractivity contribution in [1.82, 2.24) is 4.90 Å². The van der Waals surface area contributed by atoms with Crippen molar-refractivity contribution in [2.24, 2.45) is 0 Å². The fourth-order valence-corrected chi connectivity index (χ4v) is 4.46. The van der Waals surface area contributed by atoms with E-state index in [-0.39, 0.29) is 24.1 Å². The molecule has 1 aliphatic rings. The Morgan fingerprint density at radius 3 is 2.34 bits per heavy atom. The Balaban J connectivity index is 1.51. The van der Waals surface area contributed by atoms with Gasteiger partial charge in [0.2, 0.25) is 0 Å². The van der Waals surface area contributed by atoms with E-state index in [2.05, 4.69) is 4.72 Å². The number of ether oxygens (including phenoxy) is 1. The van der Waals surface area contributed by atoms with Gasteiger partial charge in [0.25, 0.3) is 15.9 Å². The van der Waals surface area contributed by atoms with Crippen LogP contribution in [0.2, 0.25) is 0 Å². The average molecular weight is 457 g/mol. The van der Waals surface area contributed by atoms with E-state index in [1.54, 1.807) is 24.1 Å². The number of amides is 1. The van der Waals surface area contributed by atoms with Crippen molar-refractivity contribution < 1.29 is 22.7 Å². The number of carbonyl (C=O) groups is 2. The van der Waals surface area contributed by atoms with Gasteiger partial charge in [0.05, 0.1) is 11.0 Å². The smallest absolute Gasteiger partial charge is 0.338 e. The van der Waals surface area contributed by atoms with Crippen LogP contribution in [0.1, 0.15) is 48.0 Å². The van der Waals surface area contributed by atoms with Crippen LogP contribution in [-0.2, 0) is 19.6 Å². The van der Waals surface area contributed by atoms with Gasteiger partial charge in [-0.25, -0.2) is 13.2 Å². The third-order valence-corrected chi connectivity index (χ3v) is 6.48. The quantitative estimate of drug-likeness (QED) is 0.605. The Hall–Kier alpha value is -3.13. The molecule has 0 unspecified atom stereocenters. The molecule has 170 valence electrons. The second kappa shape index (κ2) is 10.9. The van der Waals surface area contributed by atoms with Gasteiger partial charge in [0.1, 0.15) is 0 Å². The summed E-state index contributed by atoms with van der Waals surface area (Å²) >= 11 is 0. The van der Waals surface area contributed by atoms with E-state index in [0.29, 0.717) is 5.69 Å². The van der Waals surface area contributed by atoms with E-state index in [4.69, 9.17) is 4.74 Å². The van der Waals surface area contributed by atoms with Crippen LogP contribution in [0.3, 0.4) is 0 Å². The fraction of sp³-hybridized carbons (Fsp3) is 0.333. The normalized spacial score (nSPS) is 14.8.